The van der Waals surface area contributed by atoms with Gasteiger partial charge >= 0.3 is 0 Å². The number of amides is 1. The number of aromatic hydroxyl groups is 1. The smallest absolute Gasteiger partial charge is 0.255 e. The maximum atomic E-state index is 12.0. The summed E-state index contributed by atoms with van der Waals surface area (Å²) in [6.45, 7) is 1.82. The molecule has 98 valence electrons. The number of anilines is 1. The number of nitrogens with two attached hydrogens (primary N) is 1. The molecule has 0 saturated heterocycles. The van der Waals surface area contributed by atoms with Crippen molar-refractivity contribution in [3.05, 3.63) is 53.9 Å². The summed E-state index contributed by atoms with van der Waals surface area (Å²) in [4.78, 5) is 16.2. The Morgan fingerprint density at radius 2 is 2.11 bits per heavy atom. The highest BCUT2D eigenvalue weighted by molar-refractivity contribution is 5.98. The molecule has 1 unspecified atom stereocenters. The fourth-order valence-corrected chi connectivity index (χ4v) is 1.73. The van der Waals surface area contributed by atoms with Gasteiger partial charge in [0.1, 0.15) is 0 Å². The Morgan fingerprint density at radius 3 is 2.79 bits per heavy atom. The Morgan fingerprint density at radius 1 is 1.32 bits per heavy atom. The zero-order chi connectivity index (χ0) is 13.8. The first-order valence-corrected chi connectivity index (χ1v) is 5.89. The molecule has 5 heteroatoms. The van der Waals surface area contributed by atoms with Crippen molar-refractivity contribution in [2.45, 2.75) is 13.0 Å². The molecule has 1 aromatic carbocycles. The Hall–Kier alpha value is -2.56. The minimum absolute atomic E-state index is 0.155. The van der Waals surface area contributed by atoms with E-state index in [-0.39, 0.29) is 28.9 Å². The second-order valence-corrected chi connectivity index (χ2v) is 4.19. The molecular weight excluding hydrogens is 242 g/mol. The fourth-order valence-electron chi connectivity index (χ4n) is 1.73. The topological polar surface area (TPSA) is 88.2 Å². The van der Waals surface area contributed by atoms with Crippen molar-refractivity contribution in [1.82, 2.24) is 10.3 Å². The quantitative estimate of drug-likeness (QED) is 0.578. The lowest BCUT2D eigenvalue weighted by Crippen LogP contribution is -2.27. The molecule has 0 aliphatic rings. The third-order valence-electron chi connectivity index (χ3n) is 2.79. The number of carbonyl (C=O) groups is 1. The highest BCUT2D eigenvalue weighted by atomic mass is 16.3. The van der Waals surface area contributed by atoms with Crippen LogP contribution in [0.4, 0.5) is 5.69 Å². The van der Waals surface area contributed by atoms with Crippen LogP contribution < -0.4 is 11.1 Å². The van der Waals surface area contributed by atoms with Gasteiger partial charge in [0.25, 0.3) is 5.91 Å². The molecule has 0 radical (unpaired) electrons. The van der Waals surface area contributed by atoms with Gasteiger partial charge in [-0.15, -0.1) is 0 Å². The van der Waals surface area contributed by atoms with Gasteiger partial charge in [-0.1, -0.05) is 12.1 Å². The number of carbonyl (C=O) groups excluding carboxylic acids is 1. The fraction of sp³-hybridized carbons (Fsp3) is 0.143. The normalized spacial score (nSPS) is 11.8. The highest BCUT2D eigenvalue weighted by Crippen LogP contribution is 2.24. The standard InChI is InChI=1S/C14H15N3O2/c1-9(12-7-2-3-8-16-12)17-14(19)10-5-4-6-11(15)13(10)18/h2-9,18H,15H2,1H3,(H,17,19). The van der Waals surface area contributed by atoms with Gasteiger partial charge in [0.15, 0.2) is 5.75 Å². The molecule has 19 heavy (non-hydrogen) atoms. The number of hydrogen-bond donors (Lipinski definition) is 3. The van der Waals surface area contributed by atoms with Crippen molar-refractivity contribution in [3.63, 3.8) is 0 Å². The first kappa shape index (κ1) is 12.9. The molecule has 1 heterocycles. The van der Waals surface area contributed by atoms with Crippen molar-refractivity contribution < 1.29 is 9.90 Å². The van der Waals surface area contributed by atoms with Gasteiger partial charge < -0.3 is 16.2 Å². The highest BCUT2D eigenvalue weighted by Gasteiger charge is 2.16. The molecule has 0 fully saturated rings. The number of nitrogen functional groups attached to an aromatic ring is 1. The van der Waals surface area contributed by atoms with E-state index in [0.29, 0.717) is 0 Å². The van der Waals surface area contributed by atoms with Gasteiger partial charge in [-0.3, -0.25) is 9.78 Å². The zero-order valence-corrected chi connectivity index (χ0v) is 10.5. The van der Waals surface area contributed by atoms with Crippen LogP contribution in [0.25, 0.3) is 0 Å². The first-order chi connectivity index (χ1) is 9.09. The van der Waals surface area contributed by atoms with E-state index in [9.17, 15) is 9.90 Å². The summed E-state index contributed by atoms with van der Waals surface area (Å²) < 4.78 is 0. The molecule has 0 bridgehead atoms. The number of phenols is 1. The Balaban J connectivity index is 2.16. The molecule has 0 saturated carbocycles. The van der Waals surface area contributed by atoms with Gasteiger partial charge in [-0.25, -0.2) is 0 Å². The summed E-state index contributed by atoms with van der Waals surface area (Å²) in [5.74, 6) is -0.587. The first-order valence-electron chi connectivity index (χ1n) is 5.89. The number of para-hydroxylation sites is 1. The SMILES string of the molecule is CC(NC(=O)c1cccc(N)c1O)c1ccccn1. The van der Waals surface area contributed by atoms with Crippen LogP contribution in [0, 0.1) is 0 Å². The number of rotatable bonds is 3. The number of nitrogens with zero attached hydrogens (tertiary/aromatic N) is 1. The summed E-state index contributed by atoms with van der Waals surface area (Å²) in [6.07, 6.45) is 1.66. The van der Waals surface area contributed by atoms with Crippen molar-refractivity contribution in [3.8, 4) is 5.75 Å². The third-order valence-corrected chi connectivity index (χ3v) is 2.79. The van der Waals surface area contributed by atoms with E-state index >= 15 is 0 Å². The number of hydrogen-bond acceptors (Lipinski definition) is 4. The van der Waals surface area contributed by atoms with E-state index in [1.807, 2.05) is 25.1 Å². The summed E-state index contributed by atoms with van der Waals surface area (Å²) in [5.41, 5.74) is 6.64. The number of nitrogens with one attached hydrogen (secondary N) is 1. The summed E-state index contributed by atoms with van der Waals surface area (Å²) in [6, 6.07) is 9.90. The lowest BCUT2D eigenvalue weighted by molar-refractivity contribution is 0.0936. The van der Waals surface area contributed by atoms with Crippen molar-refractivity contribution in [2.24, 2.45) is 0 Å². The van der Waals surface area contributed by atoms with Crippen LogP contribution in [0.2, 0.25) is 0 Å². The number of phenolic OH excluding ortho intramolecular Hbond substituents is 1. The largest absolute Gasteiger partial charge is 0.505 e. The Kier molecular flexibility index (Phi) is 3.66. The molecule has 1 amide bonds. The lowest BCUT2D eigenvalue weighted by atomic mass is 10.1. The number of aromatic nitrogens is 1. The van der Waals surface area contributed by atoms with Crippen molar-refractivity contribution >= 4 is 11.6 Å². The van der Waals surface area contributed by atoms with E-state index in [1.165, 1.54) is 12.1 Å². The molecule has 2 aromatic rings. The van der Waals surface area contributed by atoms with Crippen LogP contribution in [0.5, 0.6) is 5.75 Å². The van der Waals surface area contributed by atoms with Crippen LogP contribution in [-0.2, 0) is 0 Å². The summed E-state index contributed by atoms with van der Waals surface area (Å²) >= 11 is 0. The average Bonchev–Trinajstić information content (AvgIpc) is 2.42. The van der Waals surface area contributed by atoms with E-state index in [1.54, 1.807) is 12.3 Å². The second-order valence-electron chi connectivity index (χ2n) is 4.19. The van der Waals surface area contributed by atoms with Crippen LogP contribution in [0.15, 0.2) is 42.6 Å². The van der Waals surface area contributed by atoms with Crippen LogP contribution >= 0.6 is 0 Å². The van der Waals surface area contributed by atoms with E-state index in [4.69, 9.17) is 5.73 Å². The Bertz CT molecular complexity index is 584. The van der Waals surface area contributed by atoms with Crippen LogP contribution in [-0.4, -0.2) is 16.0 Å². The number of benzene rings is 1. The Labute approximate surface area is 111 Å². The number of pyridine rings is 1. The maximum absolute atomic E-state index is 12.0. The van der Waals surface area contributed by atoms with E-state index in [0.717, 1.165) is 5.69 Å². The van der Waals surface area contributed by atoms with Gasteiger partial charge in [-0.2, -0.15) is 0 Å². The monoisotopic (exact) mass is 257 g/mol. The van der Waals surface area contributed by atoms with E-state index in [2.05, 4.69) is 10.3 Å². The molecular formula is C14H15N3O2. The van der Waals surface area contributed by atoms with Gasteiger partial charge in [-0.05, 0) is 31.2 Å². The van der Waals surface area contributed by atoms with Crippen LogP contribution in [0.1, 0.15) is 29.0 Å². The minimum atomic E-state index is -0.386. The molecule has 0 aliphatic carbocycles. The van der Waals surface area contributed by atoms with Gasteiger partial charge in [0.05, 0.1) is 23.0 Å². The predicted molar refractivity (Wildman–Crippen MR) is 72.6 cm³/mol. The van der Waals surface area contributed by atoms with Crippen LogP contribution in [0.3, 0.4) is 0 Å². The molecule has 0 spiro atoms. The predicted octanol–water partition coefficient (Wildman–Crippen LogP) is 1.86. The molecule has 4 N–H and O–H groups in total. The molecule has 0 aliphatic heterocycles. The summed E-state index contributed by atoms with van der Waals surface area (Å²) in [5, 5.41) is 12.5. The van der Waals surface area contributed by atoms with Gasteiger partial charge in [0, 0.05) is 6.20 Å². The molecule has 1 aromatic heterocycles. The molecule has 1 atom stereocenters. The molecule has 2 rings (SSSR count). The molecule has 5 nitrogen and oxygen atoms in total. The average molecular weight is 257 g/mol. The van der Waals surface area contributed by atoms with Gasteiger partial charge in [0.2, 0.25) is 0 Å². The zero-order valence-electron chi connectivity index (χ0n) is 10.5. The maximum Gasteiger partial charge on any atom is 0.255 e. The van der Waals surface area contributed by atoms with Crippen molar-refractivity contribution in [2.75, 3.05) is 5.73 Å². The van der Waals surface area contributed by atoms with Crippen molar-refractivity contribution in [1.29, 1.82) is 0 Å². The van der Waals surface area contributed by atoms with E-state index < -0.39 is 0 Å². The minimum Gasteiger partial charge on any atom is -0.505 e. The summed E-state index contributed by atoms with van der Waals surface area (Å²) in [7, 11) is 0. The third kappa shape index (κ3) is 2.82. The lowest BCUT2D eigenvalue weighted by Gasteiger charge is -2.14. The second kappa shape index (κ2) is 5.39.